The first-order valence-corrected chi connectivity index (χ1v) is 10.9. The number of hydrogen-bond acceptors (Lipinski definition) is 5. The Labute approximate surface area is 181 Å². The Morgan fingerprint density at radius 3 is 2.81 bits per heavy atom. The van der Waals surface area contributed by atoms with Gasteiger partial charge in [0.1, 0.15) is 6.04 Å². The van der Waals surface area contributed by atoms with Crippen molar-refractivity contribution < 1.29 is 14.4 Å². The topological polar surface area (TPSA) is 90.5 Å². The minimum absolute atomic E-state index is 0.131. The standard InChI is InChI=1S/C24H26N4O3/c29-22-8-7-21(23(30)27-22)28-14-17-9-15(5-6-20(17)24(28)31)10-25-12-18-13-26-11-16-3-1-2-4-19(16)18/h1-6,9,18,21,25-26H,7-8,10-14H2,(H,27,29,30). The number of rotatable bonds is 5. The number of nitrogens with zero attached hydrogens (tertiary/aromatic N) is 1. The fourth-order valence-electron chi connectivity index (χ4n) is 4.90. The fourth-order valence-corrected chi connectivity index (χ4v) is 4.90. The number of carbonyl (C=O) groups is 3. The highest BCUT2D eigenvalue weighted by molar-refractivity contribution is 6.05. The molecule has 7 nitrogen and oxygen atoms in total. The van der Waals surface area contributed by atoms with E-state index in [-0.39, 0.29) is 24.1 Å². The molecular formula is C24H26N4O3. The third kappa shape index (κ3) is 3.86. The molecule has 0 saturated carbocycles. The number of piperidine rings is 1. The summed E-state index contributed by atoms with van der Waals surface area (Å²) in [5.74, 6) is -0.340. The van der Waals surface area contributed by atoms with E-state index in [9.17, 15) is 14.4 Å². The molecule has 5 rings (SSSR count). The summed E-state index contributed by atoms with van der Waals surface area (Å²) in [4.78, 5) is 38.0. The number of imide groups is 1. The van der Waals surface area contributed by atoms with Gasteiger partial charge in [0.15, 0.2) is 0 Å². The van der Waals surface area contributed by atoms with E-state index in [0.29, 0.717) is 24.4 Å². The summed E-state index contributed by atoms with van der Waals surface area (Å²) in [6.45, 7) is 3.90. The van der Waals surface area contributed by atoms with E-state index in [1.165, 1.54) is 11.1 Å². The molecule has 3 aliphatic heterocycles. The van der Waals surface area contributed by atoms with Crippen molar-refractivity contribution in [1.82, 2.24) is 20.9 Å². The van der Waals surface area contributed by atoms with Gasteiger partial charge < -0.3 is 15.5 Å². The Balaban J connectivity index is 1.22. The molecule has 1 fully saturated rings. The Morgan fingerprint density at radius 1 is 1.06 bits per heavy atom. The van der Waals surface area contributed by atoms with Crippen molar-refractivity contribution in [2.24, 2.45) is 0 Å². The first-order valence-electron chi connectivity index (χ1n) is 10.9. The molecule has 0 aromatic heterocycles. The van der Waals surface area contributed by atoms with Crippen molar-refractivity contribution in [1.29, 1.82) is 0 Å². The molecule has 0 bridgehead atoms. The lowest BCUT2D eigenvalue weighted by atomic mass is 9.91. The maximum atomic E-state index is 12.8. The molecule has 2 aromatic carbocycles. The molecule has 0 spiro atoms. The van der Waals surface area contributed by atoms with Gasteiger partial charge in [0.2, 0.25) is 11.8 Å². The van der Waals surface area contributed by atoms with E-state index in [2.05, 4.69) is 46.3 Å². The van der Waals surface area contributed by atoms with Crippen molar-refractivity contribution in [2.75, 3.05) is 13.1 Å². The number of fused-ring (bicyclic) bond motifs is 2. The summed E-state index contributed by atoms with van der Waals surface area (Å²) in [6, 6.07) is 13.9. The molecule has 3 heterocycles. The molecule has 2 unspecified atom stereocenters. The van der Waals surface area contributed by atoms with Gasteiger partial charge in [-0.1, -0.05) is 36.4 Å². The van der Waals surface area contributed by atoms with Crippen molar-refractivity contribution in [3.05, 3.63) is 70.3 Å². The van der Waals surface area contributed by atoms with Gasteiger partial charge in [-0.2, -0.15) is 0 Å². The summed E-state index contributed by atoms with van der Waals surface area (Å²) >= 11 is 0. The maximum absolute atomic E-state index is 12.8. The fraction of sp³-hybridized carbons (Fsp3) is 0.375. The van der Waals surface area contributed by atoms with Gasteiger partial charge in [0.05, 0.1) is 0 Å². The number of benzene rings is 2. The Hall–Kier alpha value is -3.03. The van der Waals surface area contributed by atoms with Gasteiger partial charge in [0.25, 0.3) is 5.91 Å². The van der Waals surface area contributed by atoms with Crippen LogP contribution in [0.3, 0.4) is 0 Å². The summed E-state index contributed by atoms with van der Waals surface area (Å²) < 4.78 is 0. The molecule has 2 aromatic rings. The zero-order chi connectivity index (χ0) is 21.4. The van der Waals surface area contributed by atoms with Crippen molar-refractivity contribution in [3.63, 3.8) is 0 Å². The molecule has 31 heavy (non-hydrogen) atoms. The van der Waals surface area contributed by atoms with Crippen LogP contribution in [0.5, 0.6) is 0 Å². The average Bonchev–Trinajstić information content (AvgIpc) is 3.09. The summed E-state index contributed by atoms with van der Waals surface area (Å²) in [7, 11) is 0. The zero-order valence-electron chi connectivity index (χ0n) is 17.3. The number of carbonyl (C=O) groups excluding carboxylic acids is 3. The number of amides is 3. The second-order valence-corrected chi connectivity index (χ2v) is 8.55. The highest BCUT2D eigenvalue weighted by Gasteiger charge is 2.39. The van der Waals surface area contributed by atoms with Crippen LogP contribution in [0, 0.1) is 0 Å². The third-order valence-electron chi connectivity index (χ3n) is 6.51. The minimum atomic E-state index is -0.571. The second kappa shape index (κ2) is 8.24. The van der Waals surface area contributed by atoms with E-state index in [4.69, 9.17) is 0 Å². The normalized spacial score (nSPS) is 22.8. The SMILES string of the molecule is O=C1CCC(N2Cc3cc(CNCC4CNCc5ccccc54)ccc3C2=O)C(=O)N1. The van der Waals surface area contributed by atoms with Crippen LogP contribution in [0.15, 0.2) is 42.5 Å². The Kier molecular flexibility index (Phi) is 5.29. The van der Waals surface area contributed by atoms with E-state index < -0.39 is 6.04 Å². The molecule has 3 aliphatic rings. The third-order valence-corrected chi connectivity index (χ3v) is 6.51. The maximum Gasteiger partial charge on any atom is 0.255 e. The molecule has 7 heteroatoms. The van der Waals surface area contributed by atoms with Crippen molar-refractivity contribution in [3.8, 4) is 0 Å². The van der Waals surface area contributed by atoms with Gasteiger partial charge in [-0.15, -0.1) is 0 Å². The highest BCUT2D eigenvalue weighted by Crippen LogP contribution is 2.28. The lowest BCUT2D eigenvalue weighted by molar-refractivity contribution is -0.136. The van der Waals surface area contributed by atoms with Crippen molar-refractivity contribution >= 4 is 17.7 Å². The van der Waals surface area contributed by atoms with Crippen LogP contribution in [-0.4, -0.2) is 41.8 Å². The summed E-state index contributed by atoms with van der Waals surface area (Å²) in [6.07, 6.45) is 0.653. The van der Waals surface area contributed by atoms with Gasteiger partial charge in [-0.25, -0.2) is 0 Å². The van der Waals surface area contributed by atoms with E-state index >= 15 is 0 Å². The zero-order valence-corrected chi connectivity index (χ0v) is 17.3. The van der Waals surface area contributed by atoms with Crippen LogP contribution < -0.4 is 16.0 Å². The molecule has 3 N–H and O–H groups in total. The van der Waals surface area contributed by atoms with Crippen LogP contribution >= 0.6 is 0 Å². The Bertz CT molecular complexity index is 1050. The number of nitrogens with one attached hydrogen (secondary N) is 3. The van der Waals surface area contributed by atoms with Crippen LogP contribution in [-0.2, 0) is 29.2 Å². The van der Waals surface area contributed by atoms with Crippen LogP contribution in [0.1, 0.15) is 51.4 Å². The van der Waals surface area contributed by atoms with Gasteiger partial charge in [-0.3, -0.25) is 19.7 Å². The summed E-state index contributed by atoms with van der Waals surface area (Å²) in [5.41, 5.74) is 5.49. The molecule has 0 radical (unpaired) electrons. The molecule has 2 atom stereocenters. The molecule has 160 valence electrons. The molecule has 0 aliphatic carbocycles. The van der Waals surface area contributed by atoms with Crippen molar-refractivity contribution in [2.45, 2.75) is 44.4 Å². The minimum Gasteiger partial charge on any atom is -0.322 e. The lowest BCUT2D eigenvalue weighted by Crippen LogP contribution is -2.52. The molecular weight excluding hydrogens is 392 g/mol. The first-order chi connectivity index (χ1) is 15.1. The second-order valence-electron chi connectivity index (χ2n) is 8.55. The first kappa shape index (κ1) is 19.9. The Morgan fingerprint density at radius 2 is 1.94 bits per heavy atom. The monoisotopic (exact) mass is 418 g/mol. The highest BCUT2D eigenvalue weighted by atomic mass is 16.2. The summed E-state index contributed by atoms with van der Waals surface area (Å²) in [5, 5.41) is 9.39. The quantitative estimate of drug-likeness (QED) is 0.639. The van der Waals surface area contributed by atoms with E-state index in [1.807, 2.05) is 12.1 Å². The molecule has 3 amide bonds. The van der Waals surface area contributed by atoms with Crippen LogP contribution in [0.25, 0.3) is 0 Å². The van der Waals surface area contributed by atoms with Gasteiger partial charge in [0, 0.05) is 50.6 Å². The lowest BCUT2D eigenvalue weighted by Gasteiger charge is -2.29. The molecule has 1 saturated heterocycles. The van der Waals surface area contributed by atoms with Gasteiger partial charge >= 0.3 is 0 Å². The van der Waals surface area contributed by atoms with Crippen LogP contribution in [0.4, 0.5) is 0 Å². The van der Waals surface area contributed by atoms with E-state index in [1.54, 1.807) is 4.90 Å². The predicted molar refractivity (Wildman–Crippen MR) is 115 cm³/mol. The van der Waals surface area contributed by atoms with Gasteiger partial charge in [-0.05, 0) is 34.7 Å². The van der Waals surface area contributed by atoms with Crippen LogP contribution in [0.2, 0.25) is 0 Å². The average molecular weight is 418 g/mol. The predicted octanol–water partition coefficient (Wildman–Crippen LogP) is 1.42. The number of hydrogen-bond donors (Lipinski definition) is 3. The largest absolute Gasteiger partial charge is 0.322 e. The smallest absolute Gasteiger partial charge is 0.255 e. The van der Waals surface area contributed by atoms with E-state index in [0.717, 1.165) is 37.3 Å².